The number of aromatic nitrogens is 1. The predicted octanol–water partition coefficient (Wildman–Crippen LogP) is 4.97. The molecule has 4 nitrogen and oxygen atoms in total. The quantitative estimate of drug-likeness (QED) is 0.717. The van der Waals surface area contributed by atoms with Crippen LogP contribution in [0.5, 0.6) is 0 Å². The normalized spacial score (nSPS) is 17.9. The average molecular weight is 417 g/mol. The fourth-order valence-electron chi connectivity index (χ4n) is 3.27. The summed E-state index contributed by atoms with van der Waals surface area (Å²) in [5.41, 5.74) is -1.81. The highest BCUT2D eigenvalue weighted by Crippen LogP contribution is 2.36. The number of amides is 1. The Bertz CT molecular complexity index is 881. The molecule has 2 heterocycles. The maximum Gasteiger partial charge on any atom is 0.419 e. The van der Waals surface area contributed by atoms with Crippen LogP contribution in [0.15, 0.2) is 42.6 Å². The van der Waals surface area contributed by atoms with Crippen LogP contribution in [0.1, 0.15) is 24.0 Å². The van der Waals surface area contributed by atoms with Crippen molar-refractivity contribution in [3.05, 3.63) is 53.7 Å². The molecule has 0 aliphatic carbocycles. The molecule has 29 heavy (non-hydrogen) atoms. The van der Waals surface area contributed by atoms with Gasteiger partial charge in [-0.1, -0.05) is 6.07 Å². The van der Waals surface area contributed by atoms with Crippen LogP contribution in [-0.2, 0) is 17.1 Å². The monoisotopic (exact) mass is 417 g/mol. The van der Waals surface area contributed by atoms with E-state index in [-0.39, 0.29) is 18.1 Å². The lowest BCUT2D eigenvalue weighted by Gasteiger charge is -2.34. The summed E-state index contributed by atoms with van der Waals surface area (Å²) in [6.45, 7) is 0.290. The van der Waals surface area contributed by atoms with Crippen molar-refractivity contribution in [2.24, 2.45) is 5.92 Å². The molecular formula is C19H17F6N3O. The highest BCUT2D eigenvalue weighted by molar-refractivity contribution is 5.93. The smallest absolute Gasteiger partial charge is 0.355 e. The number of benzene rings is 1. The number of halogens is 6. The van der Waals surface area contributed by atoms with E-state index < -0.39 is 35.3 Å². The lowest BCUT2D eigenvalue weighted by atomic mass is 9.96. The van der Waals surface area contributed by atoms with E-state index in [1.54, 1.807) is 0 Å². The highest BCUT2D eigenvalue weighted by Gasteiger charge is 2.37. The predicted molar refractivity (Wildman–Crippen MR) is 94.2 cm³/mol. The van der Waals surface area contributed by atoms with E-state index >= 15 is 0 Å². The third kappa shape index (κ3) is 4.99. The van der Waals surface area contributed by atoms with Gasteiger partial charge in [-0.15, -0.1) is 0 Å². The lowest BCUT2D eigenvalue weighted by Crippen LogP contribution is -2.42. The Balaban J connectivity index is 1.74. The topological polar surface area (TPSA) is 45.2 Å². The third-order valence-electron chi connectivity index (χ3n) is 4.64. The third-order valence-corrected chi connectivity index (χ3v) is 4.64. The molecule has 0 saturated carbocycles. The van der Waals surface area contributed by atoms with Crippen molar-refractivity contribution in [3.63, 3.8) is 0 Å². The number of rotatable bonds is 3. The van der Waals surface area contributed by atoms with Crippen LogP contribution in [0.25, 0.3) is 0 Å². The van der Waals surface area contributed by atoms with Crippen molar-refractivity contribution in [1.29, 1.82) is 0 Å². The number of pyridine rings is 1. The van der Waals surface area contributed by atoms with Crippen molar-refractivity contribution in [1.82, 2.24) is 4.98 Å². The van der Waals surface area contributed by atoms with Gasteiger partial charge < -0.3 is 10.2 Å². The molecule has 10 heteroatoms. The molecule has 1 N–H and O–H groups in total. The summed E-state index contributed by atoms with van der Waals surface area (Å²) >= 11 is 0. The number of anilines is 2. The number of carbonyl (C=O) groups excluding carboxylic acids is 1. The van der Waals surface area contributed by atoms with E-state index in [4.69, 9.17) is 0 Å². The zero-order valence-corrected chi connectivity index (χ0v) is 15.0. The molecule has 1 unspecified atom stereocenters. The fraction of sp³-hybridized carbons (Fsp3) is 0.368. The zero-order valence-electron chi connectivity index (χ0n) is 15.0. The molecule has 1 atom stereocenters. The Kier molecular flexibility index (Phi) is 5.72. The van der Waals surface area contributed by atoms with E-state index in [2.05, 4.69) is 10.3 Å². The van der Waals surface area contributed by atoms with E-state index in [1.165, 1.54) is 29.3 Å². The molecule has 1 fully saturated rings. The summed E-state index contributed by atoms with van der Waals surface area (Å²) in [7, 11) is 0. The molecule has 2 aromatic rings. The van der Waals surface area contributed by atoms with Crippen molar-refractivity contribution < 1.29 is 31.1 Å². The van der Waals surface area contributed by atoms with Gasteiger partial charge >= 0.3 is 12.4 Å². The summed E-state index contributed by atoms with van der Waals surface area (Å²) in [6.07, 6.45) is -7.02. The van der Waals surface area contributed by atoms with Crippen LogP contribution in [0.4, 0.5) is 37.8 Å². The van der Waals surface area contributed by atoms with E-state index in [0.717, 1.165) is 18.2 Å². The molecule has 1 aromatic heterocycles. The number of piperidine rings is 1. The zero-order chi connectivity index (χ0) is 21.2. The van der Waals surface area contributed by atoms with Gasteiger partial charge in [0.05, 0.1) is 17.0 Å². The summed E-state index contributed by atoms with van der Waals surface area (Å²) in [6, 6.07) is 6.32. The first kappa shape index (κ1) is 20.9. The summed E-state index contributed by atoms with van der Waals surface area (Å²) in [4.78, 5) is 17.8. The molecule has 0 radical (unpaired) electrons. The van der Waals surface area contributed by atoms with Gasteiger partial charge in [-0.25, -0.2) is 4.98 Å². The molecule has 156 valence electrons. The molecule has 1 aromatic carbocycles. The first-order valence-electron chi connectivity index (χ1n) is 8.81. The Morgan fingerprint density at radius 3 is 2.52 bits per heavy atom. The Morgan fingerprint density at radius 2 is 1.83 bits per heavy atom. The molecule has 1 aliphatic rings. The molecule has 1 aliphatic heterocycles. The van der Waals surface area contributed by atoms with Crippen LogP contribution < -0.4 is 10.2 Å². The number of nitrogens with zero attached hydrogens (tertiary/aromatic N) is 2. The number of nitrogens with one attached hydrogen (secondary N) is 1. The number of carbonyl (C=O) groups is 1. The second-order valence-electron chi connectivity index (χ2n) is 6.73. The van der Waals surface area contributed by atoms with Crippen LogP contribution in [0.2, 0.25) is 0 Å². The molecule has 1 amide bonds. The fourth-order valence-corrected chi connectivity index (χ4v) is 3.27. The van der Waals surface area contributed by atoms with Crippen molar-refractivity contribution in [3.8, 4) is 0 Å². The minimum atomic E-state index is -4.59. The molecular weight excluding hydrogens is 400 g/mol. The second kappa shape index (κ2) is 7.92. The van der Waals surface area contributed by atoms with Gasteiger partial charge in [-0.2, -0.15) is 26.3 Å². The van der Waals surface area contributed by atoms with E-state index in [1.807, 2.05) is 0 Å². The summed E-state index contributed by atoms with van der Waals surface area (Å²) < 4.78 is 78.2. The minimum Gasteiger partial charge on any atom is -0.355 e. The van der Waals surface area contributed by atoms with Crippen molar-refractivity contribution in [2.45, 2.75) is 25.2 Å². The first-order valence-corrected chi connectivity index (χ1v) is 8.81. The van der Waals surface area contributed by atoms with Gasteiger partial charge in [0.1, 0.15) is 5.82 Å². The first-order chi connectivity index (χ1) is 13.6. The minimum absolute atomic E-state index is 0.00904. The largest absolute Gasteiger partial charge is 0.419 e. The highest BCUT2D eigenvalue weighted by atomic mass is 19.4. The van der Waals surface area contributed by atoms with Gasteiger partial charge in [0.25, 0.3) is 0 Å². The van der Waals surface area contributed by atoms with Gasteiger partial charge in [0.2, 0.25) is 5.91 Å². The maximum absolute atomic E-state index is 13.2. The van der Waals surface area contributed by atoms with Crippen LogP contribution in [0, 0.1) is 5.92 Å². The average Bonchev–Trinajstić information content (AvgIpc) is 2.67. The molecule has 1 saturated heterocycles. The summed E-state index contributed by atoms with van der Waals surface area (Å²) in [5.74, 6) is -1.48. The Morgan fingerprint density at radius 1 is 1.07 bits per heavy atom. The lowest BCUT2D eigenvalue weighted by molar-refractivity contribution is -0.138. The number of hydrogen-bond donors (Lipinski definition) is 1. The van der Waals surface area contributed by atoms with Crippen molar-refractivity contribution >= 4 is 17.4 Å². The summed E-state index contributed by atoms with van der Waals surface area (Å²) in [5, 5.41) is 2.43. The molecule has 3 rings (SSSR count). The van der Waals surface area contributed by atoms with Gasteiger partial charge in [0.15, 0.2) is 0 Å². The molecule has 0 bridgehead atoms. The molecule has 0 spiro atoms. The van der Waals surface area contributed by atoms with Crippen LogP contribution in [0.3, 0.4) is 0 Å². The maximum atomic E-state index is 13.2. The number of alkyl halides is 6. The standard InChI is InChI=1S/C19H17F6N3O/c20-18(21,22)13-5-1-6-14(10-13)27-17(29)12-4-3-9-28(11-12)16-15(19(23,24)25)7-2-8-26-16/h1-2,5-8,10,12H,3-4,9,11H2,(H,27,29). The Labute approximate surface area is 162 Å². The van der Waals surface area contributed by atoms with E-state index in [0.29, 0.717) is 19.4 Å². The SMILES string of the molecule is O=C(Nc1cccc(C(F)(F)F)c1)C1CCCN(c2ncccc2C(F)(F)F)C1. The van der Waals surface area contributed by atoms with Gasteiger partial charge in [-0.05, 0) is 43.2 Å². The van der Waals surface area contributed by atoms with Crippen LogP contribution >= 0.6 is 0 Å². The van der Waals surface area contributed by atoms with E-state index in [9.17, 15) is 31.1 Å². The second-order valence-corrected chi connectivity index (χ2v) is 6.73. The number of hydrogen-bond acceptors (Lipinski definition) is 3. The van der Waals surface area contributed by atoms with Gasteiger partial charge in [-0.3, -0.25) is 4.79 Å². The van der Waals surface area contributed by atoms with Gasteiger partial charge in [0, 0.05) is 25.0 Å². The van der Waals surface area contributed by atoms with Crippen LogP contribution in [-0.4, -0.2) is 24.0 Å². The Hall–Kier alpha value is -2.78. The van der Waals surface area contributed by atoms with Crippen molar-refractivity contribution in [2.75, 3.05) is 23.3 Å².